The summed E-state index contributed by atoms with van der Waals surface area (Å²) in [6.45, 7) is 2.60. The molecule has 0 aliphatic carbocycles. The second-order valence-electron chi connectivity index (χ2n) is 7.65. The number of hydrogen-bond acceptors (Lipinski definition) is 7. The Bertz CT molecular complexity index is 1080. The number of nitrogens with two attached hydrogens (primary N) is 1. The highest BCUT2D eigenvalue weighted by atomic mass is 35.5. The number of carbonyl (C=O) groups is 1. The first-order valence-corrected chi connectivity index (χ1v) is 10.9. The molecule has 0 spiro atoms. The van der Waals surface area contributed by atoms with Gasteiger partial charge in [0.2, 0.25) is 5.75 Å². The molecular formula is C22H22ClF3N2O7. The van der Waals surface area contributed by atoms with Crippen molar-refractivity contribution in [2.24, 2.45) is 11.7 Å². The van der Waals surface area contributed by atoms with Gasteiger partial charge in [-0.1, -0.05) is 18.5 Å². The van der Waals surface area contributed by atoms with Crippen LogP contribution in [0.4, 0.5) is 18.9 Å². The lowest BCUT2D eigenvalue weighted by atomic mass is 9.94. The monoisotopic (exact) mass is 518 g/mol. The molecule has 9 nitrogen and oxygen atoms in total. The van der Waals surface area contributed by atoms with Gasteiger partial charge in [0.15, 0.2) is 12.4 Å². The van der Waals surface area contributed by atoms with Gasteiger partial charge in [-0.2, -0.15) is 13.2 Å². The van der Waals surface area contributed by atoms with Crippen molar-refractivity contribution in [3.8, 4) is 17.2 Å². The number of rotatable bonds is 10. The van der Waals surface area contributed by atoms with Crippen molar-refractivity contribution in [2.75, 3.05) is 13.2 Å². The number of benzene rings is 2. The number of alkyl halides is 3. The molecule has 1 aliphatic rings. The van der Waals surface area contributed by atoms with Crippen molar-refractivity contribution in [3.63, 3.8) is 0 Å². The SMILES string of the molecule is CCC(CC1OCCO1)C(Oc1cc(Oc2ccc(C(F)(F)F)cc2Cl)ccc1[N+](=O)[O-])C(N)=O. The number of nitro benzene ring substituents is 1. The smallest absolute Gasteiger partial charge is 0.416 e. The van der Waals surface area contributed by atoms with E-state index in [0.717, 1.165) is 24.3 Å². The number of ether oxygens (including phenoxy) is 4. The first-order chi connectivity index (χ1) is 16.5. The van der Waals surface area contributed by atoms with Crippen LogP contribution < -0.4 is 15.2 Å². The summed E-state index contributed by atoms with van der Waals surface area (Å²) in [4.78, 5) is 23.0. The Kier molecular flexibility index (Phi) is 8.41. The number of nitrogens with zero attached hydrogens (tertiary/aromatic N) is 1. The van der Waals surface area contributed by atoms with E-state index >= 15 is 0 Å². The highest BCUT2D eigenvalue weighted by molar-refractivity contribution is 6.32. The van der Waals surface area contributed by atoms with Gasteiger partial charge in [0, 0.05) is 24.5 Å². The van der Waals surface area contributed by atoms with Crippen LogP contribution in [-0.2, 0) is 20.4 Å². The molecular weight excluding hydrogens is 497 g/mol. The number of primary amides is 1. The van der Waals surface area contributed by atoms with E-state index in [4.69, 9.17) is 36.3 Å². The average Bonchev–Trinajstić information content (AvgIpc) is 3.29. The van der Waals surface area contributed by atoms with Crippen molar-refractivity contribution < 1.29 is 41.8 Å². The molecule has 35 heavy (non-hydrogen) atoms. The molecule has 13 heteroatoms. The van der Waals surface area contributed by atoms with Crippen LogP contribution in [0.5, 0.6) is 17.2 Å². The minimum atomic E-state index is -4.59. The van der Waals surface area contributed by atoms with Crippen LogP contribution in [0.25, 0.3) is 0 Å². The van der Waals surface area contributed by atoms with E-state index < -0.39 is 46.6 Å². The molecule has 2 aromatic carbocycles. The molecule has 3 rings (SSSR count). The molecule has 0 radical (unpaired) electrons. The van der Waals surface area contributed by atoms with Gasteiger partial charge >= 0.3 is 11.9 Å². The fraction of sp³-hybridized carbons (Fsp3) is 0.409. The predicted molar refractivity (Wildman–Crippen MR) is 117 cm³/mol. The third-order valence-corrected chi connectivity index (χ3v) is 5.58. The van der Waals surface area contributed by atoms with Crippen LogP contribution in [0.3, 0.4) is 0 Å². The highest BCUT2D eigenvalue weighted by Crippen LogP contribution is 2.39. The Morgan fingerprint density at radius 2 is 1.91 bits per heavy atom. The minimum Gasteiger partial charge on any atom is -0.473 e. The maximum absolute atomic E-state index is 12.9. The van der Waals surface area contributed by atoms with Crippen LogP contribution in [0.2, 0.25) is 5.02 Å². The highest BCUT2D eigenvalue weighted by Gasteiger charge is 2.34. The first-order valence-electron chi connectivity index (χ1n) is 10.5. The molecule has 1 aliphatic heterocycles. The lowest BCUT2D eigenvalue weighted by Gasteiger charge is -2.26. The summed E-state index contributed by atoms with van der Waals surface area (Å²) in [6, 6.07) is 5.93. The van der Waals surface area contributed by atoms with Gasteiger partial charge in [-0.3, -0.25) is 14.9 Å². The van der Waals surface area contributed by atoms with Crippen LogP contribution in [0.15, 0.2) is 36.4 Å². The van der Waals surface area contributed by atoms with E-state index in [1.54, 1.807) is 6.92 Å². The van der Waals surface area contributed by atoms with Crippen molar-refractivity contribution >= 4 is 23.2 Å². The third-order valence-electron chi connectivity index (χ3n) is 5.29. The number of nitro groups is 1. The van der Waals surface area contributed by atoms with E-state index in [1.165, 1.54) is 6.07 Å². The van der Waals surface area contributed by atoms with Gasteiger partial charge in [-0.25, -0.2) is 0 Å². The van der Waals surface area contributed by atoms with Crippen LogP contribution >= 0.6 is 11.6 Å². The molecule has 190 valence electrons. The normalized spacial score (nSPS) is 16.0. The second kappa shape index (κ2) is 11.1. The zero-order valence-electron chi connectivity index (χ0n) is 18.4. The van der Waals surface area contributed by atoms with Gasteiger partial charge in [0.1, 0.15) is 11.5 Å². The Labute approximate surface area is 203 Å². The quantitative estimate of drug-likeness (QED) is 0.343. The molecule has 1 amide bonds. The number of amides is 1. The predicted octanol–water partition coefficient (Wildman–Crippen LogP) is 5.08. The molecule has 0 aromatic heterocycles. The fourth-order valence-corrected chi connectivity index (χ4v) is 3.73. The molecule has 2 aromatic rings. The summed E-state index contributed by atoms with van der Waals surface area (Å²) in [5.41, 5.74) is 4.10. The summed E-state index contributed by atoms with van der Waals surface area (Å²) in [7, 11) is 0. The zero-order chi connectivity index (χ0) is 25.8. The van der Waals surface area contributed by atoms with Crippen LogP contribution in [-0.4, -0.2) is 36.4 Å². The second-order valence-corrected chi connectivity index (χ2v) is 8.05. The van der Waals surface area contributed by atoms with Gasteiger partial charge < -0.3 is 24.7 Å². The average molecular weight is 519 g/mol. The maximum atomic E-state index is 12.9. The van der Waals surface area contributed by atoms with Gasteiger partial charge in [0.25, 0.3) is 5.91 Å². The molecule has 1 fully saturated rings. The van der Waals surface area contributed by atoms with E-state index in [0.29, 0.717) is 25.7 Å². The first kappa shape index (κ1) is 26.5. The summed E-state index contributed by atoms with van der Waals surface area (Å²) < 4.78 is 60.7. The molecule has 2 N–H and O–H groups in total. The Balaban J connectivity index is 1.88. The Morgan fingerprint density at radius 1 is 1.23 bits per heavy atom. The summed E-state index contributed by atoms with van der Waals surface area (Å²) in [5.74, 6) is -1.78. The lowest BCUT2D eigenvalue weighted by Crippen LogP contribution is -2.41. The molecule has 2 atom stereocenters. The topological polar surface area (TPSA) is 123 Å². The van der Waals surface area contributed by atoms with E-state index in [2.05, 4.69) is 0 Å². The minimum absolute atomic E-state index is 0.0222. The van der Waals surface area contributed by atoms with Gasteiger partial charge in [-0.15, -0.1) is 0 Å². The van der Waals surface area contributed by atoms with E-state index in [1.807, 2.05) is 0 Å². The molecule has 0 bridgehead atoms. The standard InChI is InChI=1S/C22H22ClF3N2O7/c1-2-12(9-19-32-7-8-33-19)20(21(27)29)35-18-11-14(4-5-16(18)28(30)31)34-17-6-3-13(10-15(17)23)22(24,25)26/h3-6,10-12,19-20H,2,7-9H2,1H3,(H2,27,29). The zero-order valence-corrected chi connectivity index (χ0v) is 19.2. The van der Waals surface area contributed by atoms with Crippen molar-refractivity contribution in [3.05, 3.63) is 57.1 Å². The van der Waals surface area contributed by atoms with E-state index in [-0.39, 0.29) is 28.7 Å². The fourth-order valence-electron chi connectivity index (χ4n) is 3.51. The van der Waals surface area contributed by atoms with Crippen molar-refractivity contribution in [2.45, 2.75) is 38.3 Å². The number of carbonyl (C=O) groups excluding carboxylic acids is 1. The van der Waals surface area contributed by atoms with Crippen LogP contribution in [0, 0.1) is 16.0 Å². The van der Waals surface area contributed by atoms with Gasteiger partial charge in [0.05, 0.1) is 28.7 Å². The Hall–Kier alpha value is -3.09. The van der Waals surface area contributed by atoms with Crippen molar-refractivity contribution in [1.82, 2.24) is 0 Å². The summed E-state index contributed by atoms with van der Waals surface area (Å²) in [6.07, 6.45) is -5.70. The van der Waals surface area contributed by atoms with Crippen LogP contribution in [0.1, 0.15) is 25.3 Å². The number of halogens is 4. The molecule has 2 unspecified atom stereocenters. The molecule has 1 heterocycles. The van der Waals surface area contributed by atoms with E-state index in [9.17, 15) is 28.1 Å². The van der Waals surface area contributed by atoms with Gasteiger partial charge in [-0.05, 0) is 30.7 Å². The van der Waals surface area contributed by atoms with Crippen molar-refractivity contribution in [1.29, 1.82) is 0 Å². The molecule has 1 saturated heterocycles. The maximum Gasteiger partial charge on any atom is 0.416 e. The Morgan fingerprint density at radius 3 is 2.46 bits per heavy atom. The third kappa shape index (κ3) is 6.74. The lowest BCUT2D eigenvalue weighted by molar-refractivity contribution is -0.386. The summed E-state index contributed by atoms with van der Waals surface area (Å²) >= 11 is 5.92. The molecule has 0 saturated carbocycles. The number of hydrogen-bond donors (Lipinski definition) is 1. The largest absolute Gasteiger partial charge is 0.473 e. The summed E-state index contributed by atoms with van der Waals surface area (Å²) in [5, 5.41) is 11.2.